The van der Waals surface area contributed by atoms with Crippen LogP contribution in [0.15, 0.2) is 54.6 Å². The van der Waals surface area contributed by atoms with Crippen molar-refractivity contribution in [2.45, 2.75) is 20.0 Å². The molecule has 0 bridgehead atoms. The Morgan fingerprint density at radius 3 is 2.14 bits per heavy atom. The standard InChI is InChI=1S/C17H16O4/c1-13(18)11-17(19)21-16-9-7-15(8-10-16)20-12-14-5-3-2-4-6-14/h2-10H,11-12H2,1H3. The van der Waals surface area contributed by atoms with Gasteiger partial charge in [-0.15, -0.1) is 0 Å². The fraction of sp³-hybridized carbons (Fsp3) is 0.176. The summed E-state index contributed by atoms with van der Waals surface area (Å²) in [6.07, 6.45) is -0.216. The Kier molecular flexibility index (Phi) is 5.10. The number of carbonyl (C=O) groups is 2. The van der Waals surface area contributed by atoms with Gasteiger partial charge in [0.05, 0.1) is 0 Å². The van der Waals surface area contributed by atoms with Crippen LogP contribution in [0.3, 0.4) is 0 Å². The molecule has 0 saturated heterocycles. The number of Topliss-reactive ketones (excluding diaryl/α,β-unsaturated/α-hetero) is 1. The summed E-state index contributed by atoms with van der Waals surface area (Å²) in [5, 5.41) is 0. The highest BCUT2D eigenvalue weighted by atomic mass is 16.5. The Morgan fingerprint density at radius 2 is 1.52 bits per heavy atom. The first-order valence-electron chi connectivity index (χ1n) is 6.60. The highest BCUT2D eigenvalue weighted by Gasteiger charge is 2.07. The maximum Gasteiger partial charge on any atom is 0.318 e. The zero-order valence-corrected chi connectivity index (χ0v) is 11.7. The van der Waals surface area contributed by atoms with Crippen LogP contribution >= 0.6 is 0 Å². The van der Waals surface area contributed by atoms with Crippen LogP contribution in [0.4, 0.5) is 0 Å². The van der Waals surface area contributed by atoms with E-state index in [1.165, 1.54) is 6.92 Å². The minimum Gasteiger partial charge on any atom is -0.489 e. The van der Waals surface area contributed by atoms with Gasteiger partial charge >= 0.3 is 5.97 Å². The molecule has 0 aliphatic carbocycles. The average molecular weight is 284 g/mol. The molecule has 0 saturated carbocycles. The Hall–Kier alpha value is -2.62. The zero-order chi connectivity index (χ0) is 15.1. The molecule has 0 unspecified atom stereocenters. The molecule has 0 atom stereocenters. The third-order valence-electron chi connectivity index (χ3n) is 2.70. The van der Waals surface area contributed by atoms with Crippen molar-refractivity contribution in [2.24, 2.45) is 0 Å². The first-order chi connectivity index (χ1) is 10.1. The summed E-state index contributed by atoms with van der Waals surface area (Å²) in [4.78, 5) is 22.1. The Bertz CT molecular complexity index is 602. The molecule has 0 aromatic heterocycles. The Labute approximate surface area is 123 Å². The fourth-order valence-corrected chi connectivity index (χ4v) is 1.72. The van der Waals surface area contributed by atoms with Gasteiger partial charge in [-0.05, 0) is 36.8 Å². The lowest BCUT2D eigenvalue weighted by Gasteiger charge is -2.07. The lowest BCUT2D eigenvalue weighted by molar-refractivity contribution is -0.137. The monoisotopic (exact) mass is 284 g/mol. The number of hydrogen-bond acceptors (Lipinski definition) is 4. The van der Waals surface area contributed by atoms with E-state index < -0.39 is 5.97 Å². The number of esters is 1. The molecule has 0 N–H and O–H groups in total. The van der Waals surface area contributed by atoms with Gasteiger partial charge in [0.15, 0.2) is 0 Å². The lowest BCUT2D eigenvalue weighted by Crippen LogP contribution is -2.11. The van der Waals surface area contributed by atoms with Crippen LogP contribution in [0.2, 0.25) is 0 Å². The van der Waals surface area contributed by atoms with Gasteiger partial charge in [-0.3, -0.25) is 9.59 Å². The molecule has 2 aromatic rings. The molecule has 108 valence electrons. The number of rotatable bonds is 6. The number of ether oxygens (including phenoxy) is 2. The van der Waals surface area contributed by atoms with Crippen LogP contribution in [0.1, 0.15) is 18.9 Å². The fourth-order valence-electron chi connectivity index (χ4n) is 1.72. The minimum absolute atomic E-state index is 0.216. The van der Waals surface area contributed by atoms with E-state index >= 15 is 0 Å². The molecule has 0 aliphatic heterocycles. The maximum atomic E-state index is 11.3. The summed E-state index contributed by atoms with van der Waals surface area (Å²) in [7, 11) is 0. The normalized spacial score (nSPS) is 9.95. The van der Waals surface area contributed by atoms with Gasteiger partial charge in [-0.2, -0.15) is 0 Å². The predicted octanol–water partition coefficient (Wildman–Crippen LogP) is 3.15. The van der Waals surface area contributed by atoms with E-state index in [2.05, 4.69) is 0 Å². The Balaban J connectivity index is 1.87. The average Bonchev–Trinajstić information content (AvgIpc) is 2.47. The van der Waals surface area contributed by atoms with Crippen molar-refractivity contribution in [3.63, 3.8) is 0 Å². The van der Waals surface area contributed by atoms with Crippen LogP contribution < -0.4 is 9.47 Å². The molecule has 21 heavy (non-hydrogen) atoms. The van der Waals surface area contributed by atoms with E-state index in [1.54, 1.807) is 24.3 Å². The third kappa shape index (κ3) is 5.10. The van der Waals surface area contributed by atoms with Gasteiger partial charge in [0.1, 0.15) is 30.3 Å². The molecule has 0 aliphatic rings. The number of benzene rings is 2. The van der Waals surface area contributed by atoms with E-state index in [9.17, 15) is 9.59 Å². The largest absolute Gasteiger partial charge is 0.489 e. The third-order valence-corrected chi connectivity index (χ3v) is 2.70. The van der Waals surface area contributed by atoms with Crippen molar-refractivity contribution in [3.05, 3.63) is 60.2 Å². The topological polar surface area (TPSA) is 52.6 Å². The van der Waals surface area contributed by atoms with Crippen molar-refractivity contribution in [2.75, 3.05) is 0 Å². The van der Waals surface area contributed by atoms with Crippen molar-refractivity contribution in [1.29, 1.82) is 0 Å². The first kappa shape index (κ1) is 14.8. The minimum atomic E-state index is -0.555. The van der Waals surface area contributed by atoms with Gasteiger partial charge in [0.25, 0.3) is 0 Å². The highest BCUT2D eigenvalue weighted by molar-refractivity contribution is 5.94. The summed E-state index contributed by atoms with van der Waals surface area (Å²) >= 11 is 0. The lowest BCUT2D eigenvalue weighted by atomic mass is 10.2. The Morgan fingerprint density at radius 1 is 0.905 bits per heavy atom. The molecule has 4 heteroatoms. The molecule has 0 radical (unpaired) electrons. The number of ketones is 1. The summed E-state index contributed by atoms with van der Waals surface area (Å²) in [5.41, 5.74) is 1.08. The molecule has 0 fully saturated rings. The summed E-state index contributed by atoms with van der Waals surface area (Å²) in [6, 6.07) is 16.5. The SMILES string of the molecule is CC(=O)CC(=O)Oc1ccc(OCc2ccccc2)cc1. The van der Waals surface area contributed by atoms with Crippen LogP contribution in [0.5, 0.6) is 11.5 Å². The van der Waals surface area contributed by atoms with E-state index in [0.29, 0.717) is 18.1 Å². The predicted molar refractivity (Wildman–Crippen MR) is 78.1 cm³/mol. The van der Waals surface area contributed by atoms with E-state index in [-0.39, 0.29) is 12.2 Å². The van der Waals surface area contributed by atoms with Gasteiger partial charge in [0, 0.05) is 0 Å². The number of carbonyl (C=O) groups excluding carboxylic acids is 2. The van der Waals surface area contributed by atoms with Crippen molar-refractivity contribution < 1.29 is 19.1 Å². The number of hydrogen-bond donors (Lipinski definition) is 0. The van der Waals surface area contributed by atoms with Gasteiger partial charge < -0.3 is 9.47 Å². The second-order valence-corrected chi connectivity index (χ2v) is 4.60. The maximum absolute atomic E-state index is 11.3. The van der Waals surface area contributed by atoms with Crippen molar-refractivity contribution in [1.82, 2.24) is 0 Å². The molecule has 0 heterocycles. The molecule has 0 spiro atoms. The summed E-state index contributed by atoms with van der Waals surface area (Å²) in [5.74, 6) is 0.307. The van der Waals surface area contributed by atoms with Crippen molar-refractivity contribution >= 4 is 11.8 Å². The van der Waals surface area contributed by atoms with Crippen LogP contribution in [-0.2, 0) is 16.2 Å². The van der Waals surface area contributed by atoms with Gasteiger partial charge in [0.2, 0.25) is 0 Å². The highest BCUT2D eigenvalue weighted by Crippen LogP contribution is 2.19. The van der Waals surface area contributed by atoms with Gasteiger partial charge in [-0.1, -0.05) is 30.3 Å². The molecule has 2 rings (SSSR count). The quantitative estimate of drug-likeness (QED) is 0.464. The van der Waals surface area contributed by atoms with Gasteiger partial charge in [-0.25, -0.2) is 0 Å². The van der Waals surface area contributed by atoms with E-state index in [1.807, 2.05) is 30.3 Å². The van der Waals surface area contributed by atoms with E-state index in [0.717, 1.165) is 5.56 Å². The second kappa shape index (κ2) is 7.24. The van der Waals surface area contributed by atoms with Crippen LogP contribution in [-0.4, -0.2) is 11.8 Å². The second-order valence-electron chi connectivity index (χ2n) is 4.60. The molecular weight excluding hydrogens is 268 g/mol. The van der Waals surface area contributed by atoms with Crippen LogP contribution in [0.25, 0.3) is 0 Å². The molecule has 2 aromatic carbocycles. The van der Waals surface area contributed by atoms with Crippen LogP contribution in [0, 0.1) is 0 Å². The molecular formula is C17H16O4. The zero-order valence-electron chi connectivity index (χ0n) is 11.7. The van der Waals surface area contributed by atoms with Crippen molar-refractivity contribution in [3.8, 4) is 11.5 Å². The molecule has 0 amide bonds. The summed E-state index contributed by atoms with van der Waals surface area (Å²) < 4.78 is 10.6. The van der Waals surface area contributed by atoms with E-state index in [4.69, 9.17) is 9.47 Å². The summed E-state index contributed by atoms with van der Waals surface area (Å²) in [6.45, 7) is 1.83. The first-order valence-corrected chi connectivity index (χ1v) is 6.60. The molecule has 4 nitrogen and oxygen atoms in total. The smallest absolute Gasteiger partial charge is 0.318 e.